The monoisotopic (exact) mass is 431 g/mol. The van der Waals surface area contributed by atoms with Gasteiger partial charge < -0.3 is 14.8 Å². The van der Waals surface area contributed by atoms with E-state index in [1.165, 1.54) is 23.5 Å². The van der Waals surface area contributed by atoms with Gasteiger partial charge in [0.05, 0.1) is 0 Å². The van der Waals surface area contributed by atoms with Gasteiger partial charge in [-0.2, -0.15) is 0 Å². The number of aromatic nitrogens is 1. The molecule has 1 aromatic carbocycles. The summed E-state index contributed by atoms with van der Waals surface area (Å²) in [6.45, 7) is 1.53. The van der Waals surface area contributed by atoms with E-state index in [-0.39, 0.29) is 23.9 Å². The maximum atomic E-state index is 12.6. The standard InChI is InChI=1S/C20H22BrN3O3/c21-16-7-10-19(26)24(13-16)14-18(25)22-17-8-5-15(6-9-17)20(27)23-11-3-1-2-4-12-23/h5-10,13H,1-4,11-12,14H2,(H,22,25). The summed E-state index contributed by atoms with van der Waals surface area (Å²) in [6.07, 6.45) is 6.03. The van der Waals surface area contributed by atoms with Gasteiger partial charge in [-0.15, -0.1) is 0 Å². The Labute approximate surface area is 166 Å². The van der Waals surface area contributed by atoms with E-state index in [2.05, 4.69) is 21.2 Å². The molecule has 0 unspecified atom stereocenters. The highest BCUT2D eigenvalue weighted by molar-refractivity contribution is 9.10. The lowest BCUT2D eigenvalue weighted by molar-refractivity contribution is -0.116. The second-order valence-electron chi connectivity index (χ2n) is 6.65. The Hall–Kier alpha value is -2.41. The van der Waals surface area contributed by atoms with Crippen LogP contribution in [0.5, 0.6) is 0 Å². The molecule has 0 aliphatic carbocycles. The first-order valence-corrected chi connectivity index (χ1v) is 9.87. The Morgan fingerprint density at radius 2 is 1.63 bits per heavy atom. The molecule has 0 atom stereocenters. The number of rotatable bonds is 4. The fraction of sp³-hybridized carbons (Fsp3) is 0.350. The lowest BCUT2D eigenvalue weighted by Gasteiger charge is -2.20. The fourth-order valence-corrected chi connectivity index (χ4v) is 3.51. The van der Waals surface area contributed by atoms with Crippen molar-refractivity contribution in [3.63, 3.8) is 0 Å². The number of likely N-dealkylation sites (tertiary alicyclic amines) is 1. The number of amides is 2. The second kappa shape index (κ2) is 8.99. The van der Waals surface area contributed by atoms with Gasteiger partial charge >= 0.3 is 0 Å². The number of benzene rings is 1. The number of hydrogen-bond acceptors (Lipinski definition) is 3. The van der Waals surface area contributed by atoms with Crippen LogP contribution in [0.25, 0.3) is 0 Å². The summed E-state index contributed by atoms with van der Waals surface area (Å²) in [5, 5.41) is 2.75. The molecule has 142 valence electrons. The average molecular weight is 432 g/mol. The SMILES string of the molecule is O=C(Cn1cc(Br)ccc1=O)Nc1ccc(C(=O)N2CCCCCC2)cc1. The van der Waals surface area contributed by atoms with Crippen molar-refractivity contribution in [3.05, 3.63) is 63.0 Å². The molecule has 1 saturated heterocycles. The molecule has 0 saturated carbocycles. The molecule has 2 amide bonds. The first-order valence-electron chi connectivity index (χ1n) is 9.08. The Kier molecular flexibility index (Phi) is 6.45. The van der Waals surface area contributed by atoms with E-state index < -0.39 is 0 Å². The van der Waals surface area contributed by atoms with Gasteiger partial charge in [-0.05, 0) is 59.1 Å². The molecule has 2 aromatic rings. The molecule has 3 rings (SSSR count). The van der Waals surface area contributed by atoms with Crippen LogP contribution >= 0.6 is 15.9 Å². The number of halogens is 1. The minimum absolute atomic E-state index is 0.0375. The number of carbonyl (C=O) groups excluding carboxylic acids is 2. The van der Waals surface area contributed by atoms with Crippen molar-refractivity contribution in [2.75, 3.05) is 18.4 Å². The van der Waals surface area contributed by atoms with E-state index in [1.54, 1.807) is 36.5 Å². The molecule has 0 spiro atoms. The van der Waals surface area contributed by atoms with Crippen molar-refractivity contribution in [1.29, 1.82) is 0 Å². The lowest BCUT2D eigenvalue weighted by atomic mass is 10.1. The summed E-state index contributed by atoms with van der Waals surface area (Å²) >= 11 is 3.28. The van der Waals surface area contributed by atoms with Crippen molar-refractivity contribution in [2.45, 2.75) is 32.2 Å². The van der Waals surface area contributed by atoms with Crippen molar-refractivity contribution in [2.24, 2.45) is 0 Å². The van der Waals surface area contributed by atoms with Gasteiger partial charge in [0.25, 0.3) is 11.5 Å². The van der Waals surface area contributed by atoms with Crippen molar-refractivity contribution in [1.82, 2.24) is 9.47 Å². The van der Waals surface area contributed by atoms with Gasteiger partial charge in [0.15, 0.2) is 0 Å². The molecular weight excluding hydrogens is 410 g/mol. The van der Waals surface area contributed by atoms with Crippen molar-refractivity contribution in [3.8, 4) is 0 Å². The Morgan fingerprint density at radius 3 is 2.30 bits per heavy atom. The first kappa shape index (κ1) is 19.4. The average Bonchev–Trinajstić information content (AvgIpc) is 2.94. The van der Waals surface area contributed by atoms with Gasteiger partial charge in [-0.1, -0.05) is 12.8 Å². The van der Waals surface area contributed by atoms with Crippen LogP contribution in [-0.4, -0.2) is 34.4 Å². The molecule has 1 fully saturated rings. The third-order valence-corrected chi connectivity index (χ3v) is 5.04. The highest BCUT2D eigenvalue weighted by atomic mass is 79.9. The van der Waals surface area contributed by atoms with Crippen molar-refractivity contribution < 1.29 is 9.59 Å². The van der Waals surface area contributed by atoms with E-state index in [9.17, 15) is 14.4 Å². The Bertz CT molecular complexity index is 869. The zero-order valence-electron chi connectivity index (χ0n) is 15.0. The van der Waals surface area contributed by atoms with E-state index in [4.69, 9.17) is 0 Å². The topological polar surface area (TPSA) is 71.4 Å². The maximum Gasteiger partial charge on any atom is 0.253 e. The summed E-state index contributed by atoms with van der Waals surface area (Å²) in [5.41, 5.74) is 0.973. The zero-order valence-corrected chi connectivity index (χ0v) is 16.6. The van der Waals surface area contributed by atoms with Gasteiger partial charge in [-0.3, -0.25) is 14.4 Å². The highest BCUT2D eigenvalue weighted by Crippen LogP contribution is 2.16. The minimum Gasteiger partial charge on any atom is -0.339 e. The number of hydrogen-bond donors (Lipinski definition) is 1. The highest BCUT2D eigenvalue weighted by Gasteiger charge is 2.17. The third-order valence-electron chi connectivity index (χ3n) is 4.57. The molecule has 1 aliphatic heterocycles. The summed E-state index contributed by atoms with van der Waals surface area (Å²) in [4.78, 5) is 38.5. The smallest absolute Gasteiger partial charge is 0.253 e. The molecule has 1 N–H and O–H groups in total. The molecule has 27 heavy (non-hydrogen) atoms. The van der Waals surface area contributed by atoms with E-state index >= 15 is 0 Å². The van der Waals surface area contributed by atoms with Gasteiger partial charge in [0.2, 0.25) is 5.91 Å². The zero-order chi connectivity index (χ0) is 19.2. The fourth-order valence-electron chi connectivity index (χ4n) is 3.13. The molecule has 0 radical (unpaired) electrons. The summed E-state index contributed by atoms with van der Waals surface area (Å²) in [6, 6.07) is 9.93. The van der Waals surface area contributed by atoms with Gasteiger partial charge in [0.1, 0.15) is 6.54 Å². The molecule has 2 heterocycles. The van der Waals surface area contributed by atoms with Crippen LogP contribution in [-0.2, 0) is 11.3 Å². The predicted molar refractivity (Wildman–Crippen MR) is 108 cm³/mol. The first-order chi connectivity index (χ1) is 13.0. The largest absolute Gasteiger partial charge is 0.339 e. The lowest BCUT2D eigenvalue weighted by Crippen LogP contribution is -2.31. The summed E-state index contributed by atoms with van der Waals surface area (Å²) in [5.74, 6) is -0.266. The molecule has 0 bridgehead atoms. The van der Waals surface area contributed by atoms with Crippen LogP contribution in [0.2, 0.25) is 0 Å². The number of carbonyl (C=O) groups is 2. The van der Waals surface area contributed by atoms with Crippen LogP contribution < -0.4 is 10.9 Å². The van der Waals surface area contributed by atoms with Crippen LogP contribution in [0.4, 0.5) is 5.69 Å². The van der Waals surface area contributed by atoms with E-state index in [0.717, 1.165) is 30.4 Å². The molecular formula is C20H22BrN3O3. The molecule has 1 aromatic heterocycles. The van der Waals surface area contributed by atoms with Crippen LogP contribution in [0, 0.1) is 0 Å². The summed E-state index contributed by atoms with van der Waals surface area (Å²) < 4.78 is 2.06. The van der Waals surface area contributed by atoms with Gasteiger partial charge in [0, 0.05) is 41.1 Å². The van der Waals surface area contributed by atoms with Crippen LogP contribution in [0.1, 0.15) is 36.0 Å². The molecule has 6 nitrogen and oxygen atoms in total. The predicted octanol–water partition coefficient (Wildman–Crippen LogP) is 3.27. The van der Waals surface area contributed by atoms with Crippen molar-refractivity contribution >= 4 is 33.4 Å². The quantitative estimate of drug-likeness (QED) is 0.807. The maximum absolute atomic E-state index is 12.6. The minimum atomic E-state index is -0.304. The third kappa shape index (κ3) is 5.29. The number of anilines is 1. The molecule has 1 aliphatic rings. The summed E-state index contributed by atoms with van der Waals surface area (Å²) in [7, 11) is 0. The normalized spacial score (nSPS) is 14.5. The Balaban J connectivity index is 1.61. The van der Waals surface area contributed by atoms with E-state index in [0.29, 0.717) is 11.3 Å². The Morgan fingerprint density at radius 1 is 0.963 bits per heavy atom. The van der Waals surface area contributed by atoms with E-state index in [1.807, 2.05) is 4.90 Å². The number of nitrogens with zero attached hydrogens (tertiary/aromatic N) is 2. The second-order valence-corrected chi connectivity index (χ2v) is 7.56. The van der Waals surface area contributed by atoms with Gasteiger partial charge in [-0.25, -0.2) is 0 Å². The molecule has 7 heteroatoms. The number of pyridine rings is 1. The van der Waals surface area contributed by atoms with Crippen LogP contribution in [0.3, 0.4) is 0 Å². The van der Waals surface area contributed by atoms with Crippen LogP contribution in [0.15, 0.2) is 51.9 Å². The number of nitrogens with one attached hydrogen (secondary N) is 1.